The van der Waals surface area contributed by atoms with Gasteiger partial charge in [-0.15, -0.1) is 0 Å². The molecule has 0 atom stereocenters. The molecule has 2 nitrogen and oxygen atoms in total. The molecule has 2 aliphatic rings. The van der Waals surface area contributed by atoms with Gasteiger partial charge in [-0.2, -0.15) is 0 Å². The van der Waals surface area contributed by atoms with E-state index in [-0.39, 0.29) is 0 Å². The third kappa shape index (κ3) is 4.93. The van der Waals surface area contributed by atoms with Crippen LogP contribution in [0.2, 0.25) is 0 Å². The SMILES string of the molecule is c1ccc(-c2ccccc2N(c2ccccc2)c2cccc(-c3cccc4c3-c3ccccc3C43c4ccc5ccccc5c4Oc4c3ccc3ccccc43)c2)cc1. The number of fused-ring (bicyclic) bond motifs is 13. The predicted octanol–water partition coefficient (Wildman–Crippen LogP) is 15.3. The van der Waals surface area contributed by atoms with Crippen LogP contribution in [0, 0.1) is 0 Å². The largest absolute Gasteiger partial charge is 0.455 e. The first kappa shape index (κ1) is 33.5. The fraction of sp³-hybridized carbons (Fsp3) is 0.0175. The number of anilines is 3. The maximum absolute atomic E-state index is 7.20. The lowest BCUT2D eigenvalue weighted by Gasteiger charge is -2.40. The van der Waals surface area contributed by atoms with Crippen LogP contribution >= 0.6 is 0 Å². The summed E-state index contributed by atoms with van der Waals surface area (Å²) in [5.41, 5.74) is 14.8. The molecule has 0 N–H and O–H groups in total. The Hall–Kier alpha value is -7.68. The highest BCUT2D eigenvalue weighted by Gasteiger charge is 2.52. The van der Waals surface area contributed by atoms with Gasteiger partial charge in [-0.25, -0.2) is 0 Å². The Morgan fingerprint density at radius 1 is 0.339 bits per heavy atom. The van der Waals surface area contributed by atoms with E-state index < -0.39 is 5.41 Å². The smallest absolute Gasteiger partial charge is 0.140 e. The van der Waals surface area contributed by atoms with Crippen LogP contribution < -0.4 is 9.64 Å². The molecule has 12 rings (SSSR count). The van der Waals surface area contributed by atoms with Crippen LogP contribution in [-0.2, 0) is 5.41 Å². The topological polar surface area (TPSA) is 12.5 Å². The second kappa shape index (κ2) is 13.2. The van der Waals surface area contributed by atoms with Crippen LogP contribution in [0.4, 0.5) is 17.1 Å². The van der Waals surface area contributed by atoms with Crippen molar-refractivity contribution in [3.63, 3.8) is 0 Å². The van der Waals surface area contributed by atoms with Gasteiger partial charge < -0.3 is 9.64 Å². The molecule has 1 spiro atoms. The van der Waals surface area contributed by atoms with Gasteiger partial charge in [0.15, 0.2) is 0 Å². The number of hydrogen-bond acceptors (Lipinski definition) is 2. The van der Waals surface area contributed by atoms with Gasteiger partial charge in [-0.3, -0.25) is 0 Å². The molecule has 1 aliphatic carbocycles. The lowest BCUT2D eigenvalue weighted by molar-refractivity contribution is 0.447. The zero-order chi connectivity index (χ0) is 38.9. The summed E-state index contributed by atoms with van der Waals surface area (Å²) in [5, 5.41) is 4.57. The molecule has 0 saturated carbocycles. The standard InChI is InChI=1S/C57H37NO/c1-3-17-38(18-4-1)44-25-12-14-32-53(44)58(42-22-5-2-6-23-42)43-24-15-21-41(37-43)45-29-16-31-50-54(45)48-28-11-13-30-49(48)57(50)51-35-33-39-19-7-9-26-46(39)55(51)59-56-47-27-10-8-20-40(47)34-36-52(56)57/h1-37H. The molecular formula is C57H37NO. The van der Waals surface area contributed by atoms with Crippen molar-refractivity contribution in [2.45, 2.75) is 5.41 Å². The highest BCUT2D eigenvalue weighted by atomic mass is 16.5. The van der Waals surface area contributed by atoms with E-state index in [4.69, 9.17) is 4.74 Å². The molecule has 10 aromatic rings. The molecule has 0 fully saturated rings. The summed E-state index contributed by atoms with van der Waals surface area (Å²) in [4.78, 5) is 2.39. The van der Waals surface area contributed by atoms with E-state index in [1.807, 2.05) is 0 Å². The summed E-state index contributed by atoms with van der Waals surface area (Å²) in [6.07, 6.45) is 0. The lowest BCUT2D eigenvalue weighted by atomic mass is 9.65. The van der Waals surface area contributed by atoms with E-state index in [1.54, 1.807) is 0 Å². The minimum atomic E-state index is -0.610. The Labute approximate surface area is 343 Å². The first-order chi connectivity index (χ1) is 29.3. The summed E-state index contributed by atoms with van der Waals surface area (Å²) >= 11 is 0. The summed E-state index contributed by atoms with van der Waals surface area (Å²) in [6.45, 7) is 0. The number of para-hydroxylation sites is 2. The lowest BCUT2D eigenvalue weighted by Crippen LogP contribution is -2.32. The van der Waals surface area contributed by atoms with E-state index in [9.17, 15) is 0 Å². The summed E-state index contributed by atoms with van der Waals surface area (Å²) < 4.78 is 7.20. The molecule has 1 aliphatic heterocycles. The van der Waals surface area contributed by atoms with Gasteiger partial charge in [0.2, 0.25) is 0 Å². The van der Waals surface area contributed by atoms with Crippen molar-refractivity contribution in [2.75, 3.05) is 4.90 Å². The van der Waals surface area contributed by atoms with E-state index in [0.29, 0.717) is 0 Å². The van der Waals surface area contributed by atoms with Crippen LogP contribution in [-0.4, -0.2) is 0 Å². The fourth-order valence-electron chi connectivity index (χ4n) is 10.0. The second-order valence-electron chi connectivity index (χ2n) is 15.6. The average Bonchev–Trinajstić information content (AvgIpc) is 3.60. The Morgan fingerprint density at radius 2 is 0.864 bits per heavy atom. The van der Waals surface area contributed by atoms with Crippen molar-refractivity contribution in [1.29, 1.82) is 0 Å². The first-order valence-electron chi connectivity index (χ1n) is 20.3. The van der Waals surface area contributed by atoms with E-state index in [0.717, 1.165) is 44.9 Å². The van der Waals surface area contributed by atoms with Gasteiger partial charge in [-0.05, 0) is 80.0 Å². The van der Waals surface area contributed by atoms with Crippen molar-refractivity contribution in [3.05, 3.63) is 247 Å². The predicted molar refractivity (Wildman–Crippen MR) is 244 cm³/mol. The number of nitrogens with zero attached hydrogens (tertiary/aromatic N) is 1. The minimum absolute atomic E-state index is 0.610. The Balaban J connectivity index is 1.12. The molecule has 0 aromatic heterocycles. The van der Waals surface area contributed by atoms with Crippen molar-refractivity contribution in [3.8, 4) is 44.9 Å². The molecule has 0 radical (unpaired) electrons. The molecular weight excluding hydrogens is 715 g/mol. The van der Waals surface area contributed by atoms with Crippen LogP contribution in [0.5, 0.6) is 11.5 Å². The van der Waals surface area contributed by atoms with Gasteiger partial charge >= 0.3 is 0 Å². The second-order valence-corrected chi connectivity index (χ2v) is 15.6. The van der Waals surface area contributed by atoms with E-state index >= 15 is 0 Å². The Morgan fingerprint density at radius 3 is 1.59 bits per heavy atom. The zero-order valence-corrected chi connectivity index (χ0v) is 32.2. The Bertz CT molecular complexity index is 3170. The molecule has 0 amide bonds. The molecule has 276 valence electrons. The molecule has 0 bridgehead atoms. The molecule has 10 aromatic carbocycles. The van der Waals surface area contributed by atoms with Gasteiger partial charge in [0.05, 0.1) is 11.1 Å². The van der Waals surface area contributed by atoms with Gasteiger partial charge in [-0.1, -0.05) is 194 Å². The van der Waals surface area contributed by atoms with E-state index in [2.05, 4.69) is 229 Å². The number of hydrogen-bond donors (Lipinski definition) is 0. The summed E-state index contributed by atoms with van der Waals surface area (Å²) in [5.74, 6) is 1.86. The summed E-state index contributed by atoms with van der Waals surface area (Å²) in [6, 6.07) is 81.6. The van der Waals surface area contributed by atoms with Crippen molar-refractivity contribution < 1.29 is 4.74 Å². The maximum atomic E-state index is 7.20. The summed E-state index contributed by atoms with van der Waals surface area (Å²) in [7, 11) is 0. The highest BCUT2D eigenvalue weighted by Crippen LogP contribution is 2.65. The maximum Gasteiger partial charge on any atom is 0.140 e. The van der Waals surface area contributed by atoms with Gasteiger partial charge in [0.1, 0.15) is 11.5 Å². The van der Waals surface area contributed by atoms with Gasteiger partial charge in [0.25, 0.3) is 0 Å². The third-order valence-corrected chi connectivity index (χ3v) is 12.5. The molecule has 0 unspecified atom stereocenters. The minimum Gasteiger partial charge on any atom is -0.455 e. The first-order valence-corrected chi connectivity index (χ1v) is 20.3. The van der Waals surface area contributed by atoms with Crippen LogP contribution in [0.25, 0.3) is 54.9 Å². The van der Waals surface area contributed by atoms with Crippen molar-refractivity contribution in [1.82, 2.24) is 0 Å². The third-order valence-electron chi connectivity index (χ3n) is 12.5. The van der Waals surface area contributed by atoms with Crippen LogP contribution in [0.3, 0.4) is 0 Å². The quantitative estimate of drug-likeness (QED) is 0.174. The molecule has 1 heterocycles. The fourth-order valence-corrected chi connectivity index (χ4v) is 10.0. The van der Waals surface area contributed by atoms with E-state index in [1.165, 1.54) is 60.8 Å². The van der Waals surface area contributed by atoms with Crippen molar-refractivity contribution in [2.24, 2.45) is 0 Å². The highest BCUT2D eigenvalue weighted by molar-refractivity contribution is 6.02. The molecule has 0 saturated heterocycles. The number of ether oxygens (including phenoxy) is 1. The zero-order valence-electron chi connectivity index (χ0n) is 32.2. The normalized spacial score (nSPS) is 13.0. The average molecular weight is 752 g/mol. The van der Waals surface area contributed by atoms with Crippen molar-refractivity contribution >= 4 is 38.6 Å². The molecule has 2 heteroatoms. The van der Waals surface area contributed by atoms with Crippen LogP contribution in [0.15, 0.2) is 224 Å². The monoisotopic (exact) mass is 751 g/mol. The van der Waals surface area contributed by atoms with Crippen LogP contribution in [0.1, 0.15) is 22.3 Å². The number of benzene rings is 10. The molecule has 59 heavy (non-hydrogen) atoms. The van der Waals surface area contributed by atoms with Gasteiger partial charge in [0, 0.05) is 38.8 Å². The number of rotatable bonds is 5. The Kier molecular flexibility index (Phi) is 7.48.